The zero-order chi connectivity index (χ0) is 13.7. The standard InChI is InChI=1S/C15H20BrFO2/c1-11(19-14-7-2-3-8-18-14)9-12-5-4-6-13(10-16)15(12)17/h4-6,11,14H,2-3,7-10H2,1H3. The summed E-state index contributed by atoms with van der Waals surface area (Å²) >= 11 is 3.30. The molecule has 106 valence electrons. The molecule has 1 saturated heterocycles. The third-order valence-corrected chi connectivity index (χ3v) is 3.94. The van der Waals surface area contributed by atoms with E-state index in [-0.39, 0.29) is 18.2 Å². The molecule has 19 heavy (non-hydrogen) atoms. The zero-order valence-corrected chi connectivity index (χ0v) is 12.8. The first-order valence-electron chi connectivity index (χ1n) is 6.80. The molecular weight excluding hydrogens is 311 g/mol. The maximum absolute atomic E-state index is 14.1. The molecule has 1 aliphatic heterocycles. The van der Waals surface area contributed by atoms with Crippen molar-refractivity contribution in [2.75, 3.05) is 6.61 Å². The van der Waals surface area contributed by atoms with Crippen LogP contribution in [0.3, 0.4) is 0 Å². The normalized spacial score (nSPS) is 21.3. The van der Waals surface area contributed by atoms with Crippen molar-refractivity contribution in [1.82, 2.24) is 0 Å². The molecule has 0 radical (unpaired) electrons. The largest absolute Gasteiger partial charge is 0.353 e. The van der Waals surface area contributed by atoms with Gasteiger partial charge in [-0.15, -0.1) is 0 Å². The van der Waals surface area contributed by atoms with Crippen molar-refractivity contribution in [2.24, 2.45) is 0 Å². The second-order valence-electron chi connectivity index (χ2n) is 4.97. The van der Waals surface area contributed by atoms with Gasteiger partial charge in [-0.2, -0.15) is 0 Å². The molecule has 1 heterocycles. The highest BCUT2D eigenvalue weighted by Gasteiger charge is 2.18. The van der Waals surface area contributed by atoms with E-state index >= 15 is 0 Å². The molecule has 0 aromatic heterocycles. The summed E-state index contributed by atoms with van der Waals surface area (Å²) in [6.45, 7) is 2.74. The summed E-state index contributed by atoms with van der Waals surface area (Å²) < 4.78 is 25.5. The lowest BCUT2D eigenvalue weighted by molar-refractivity contribution is -0.184. The van der Waals surface area contributed by atoms with Crippen LogP contribution in [0.15, 0.2) is 18.2 Å². The number of hydrogen-bond donors (Lipinski definition) is 0. The minimum absolute atomic E-state index is 0.0387. The number of alkyl halides is 1. The number of halogens is 2. The molecule has 0 aliphatic carbocycles. The fraction of sp³-hybridized carbons (Fsp3) is 0.600. The van der Waals surface area contributed by atoms with Crippen LogP contribution in [0.2, 0.25) is 0 Å². The fourth-order valence-electron chi connectivity index (χ4n) is 2.33. The van der Waals surface area contributed by atoms with Gasteiger partial charge < -0.3 is 9.47 Å². The van der Waals surface area contributed by atoms with Gasteiger partial charge in [-0.25, -0.2) is 4.39 Å². The number of rotatable bonds is 5. The van der Waals surface area contributed by atoms with E-state index in [0.717, 1.165) is 25.9 Å². The molecule has 4 heteroatoms. The van der Waals surface area contributed by atoms with Gasteiger partial charge in [0, 0.05) is 18.4 Å². The van der Waals surface area contributed by atoms with Crippen LogP contribution in [-0.4, -0.2) is 19.0 Å². The van der Waals surface area contributed by atoms with Crippen LogP contribution in [-0.2, 0) is 21.2 Å². The maximum atomic E-state index is 14.1. The Kier molecular flexibility index (Phi) is 5.79. The SMILES string of the molecule is CC(Cc1cccc(CBr)c1F)OC1CCCCO1. The van der Waals surface area contributed by atoms with Crippen LogP contribution in [0.4, 0.5) is 4.39 Å². The second kappa shape index (κ2) is 7.36. The van der Waals surface area contributed by atoms with Crippen LogP contribution in [0.1, 0.15) is 37.3 Å². The average Bonchev–Trinajstić information content (AvgIpc) is 2.42. The molecule has 2 rings (SSSR count). The van der Waals surface area contributed by atoms with E-state index in [1.54, 1.807) is 6.07 Å². The van der Waals surface area contributed by atoms with Crippen molar-refractivity contribution in [3.63, 3.8) is 0 Å². The predicted molar refractivity (Wildman–Crippen MR) is 76.9 cm³/mol. The Morgan fingerprint density at radius 1 is 1.42 bits per heavy atom. The van der Waals surface area contributed by atoms with Gasteiger partial charge in [0.25, 0.3) is 0 Å². The summed E-state index contributed by atoms with van der Waals surface area (Å²) in [6.07, 6.45) is 3.61. The number of benzene rings is 1. The van der Waals surface area contributed by atoms with Crippen molar-refractivity contribution in [1.29, 1.82) is 0 Å². The summed E-state index contributed by atoms with van der Waals surface area (Å²) in [5.74, 6) is -0.126. The molecule has 0 spiro atoms. The quantitative estimate of drug-likeness (QED) is 0.753. The van der Waals surface area contributed by atoms with Gasteiger partial charge in [-0.1, -0.05) is 34.1 Å². The van der Waals surface area contributed by atoms with Crippen molar-refractivity contribution in [3.05, 3.63) is 35.1 Å². The van der Waals surface area contributed by atoms with Crippen molar-refractivity contribution in [3.8, 4) is 0 Å². The van der Waals surface area contributed by atoms with Crippen LogP contribution in [0, 0.1) is 5.82 Å². The van der Waals surface area contributed by atoms with E-state index in [4.69, 9.17) is 9.47 Å². The Morgan fingerprint density at radius 3 is 2.89 bits per heavy atom. The van der Waals surface area contributed by atoms with Gasteiger partial charge in [0.2, 0.25) is 0 Å². The highest BCUT2D eigenvalue weighted by atomic mass is 79.9. The van der Waals surface area contributed by atoms with Crippen LogP contribution in [0.5, 0.6) is 0 Å². The molecule has 1 aliphatic rings. The fourth-order valence-corrected chi connectivity index (χ4v) is 2.76. The Hall–Kier alpha value is -0.450. The molecular formula is C15H20BrFO2. The molecule has 1 aromatic carbocycles. The van der Waals surface area contributed by atoms with E-state index in [1.807, 2.05) is 19.1 Å². The van der Waals surface area contributed by atoms with Gasteiger partial charge in [0.05, 0.1) is 6.10 Å². The second-order valence-corrected chi connectivity index (χ2v) is 5.53. The number of ether oxygens (including phenoxy) is 2. The minimum atomic E-state index is -0.126. The van der Waals surface area contributed by atoms with E-state index < -0.39 is 0 Å². The van der Waals surface area contributed by atoms with Gasteiger partial charge in [0.1, 0.15) is 5.82 Å². The van der Waals surface area contributed by atoms with E-state index in [2.05, 4.69) is 15.9 Å². The van der Waals surface area contributed by atoms with Gasteiger partial charge in [-0.3, -0.25) is 0 Å². The van der Waals surface area contributed by atoms with Gasteiger partial charge in [-0.05, 0) is 37.3 Å². The molecule has 1 fully saturated rings. The molecule has 0 saturated carbocycles. The van der Waals surface area contributed by atoms with Crippen LogP contribution < -0.4 is 0 Å². The average molecular weight is 331 g/mol. The minimum Gasteiger partial charge on any atom is -0.353 e. The van der Waals surface area contributed by atoms with Crippen LogP contribution >= 0.6 is 15.9 Å². The molecule has 2 nitrogen and oxygen atoms in total. The Labute approximate surface area is 122 Å². The monoisotopic (exact) mass is 330 g/mol. The van der Waals surface area contributed by atoms with E-state index in [9.17, 15) is 4.39 Å². The smallest absolute Gasteiger partial charge is 0.157 e. The van der Waals surface area contributed by atoms with Gasteiger partial charge >= 0.3 is 0 Å². The maximum Gasteiger partial charge on any atom is 0.157 e. The summed E-state index contributed by atoms with van der Waals surface area (Å²) in [4.78, 5) is 0. The lowest BCUT2D eigenvalue weighted by Gasteiger charge is -2.26. The zero-order valence-electron chi connectivity index (χ0n) is 11.2. The molecule has 0 amide bonds. The summed E-state index contributed by atoms with van der Waals surface area (Å²) in [5, 5.41) is 0.535. The third-order valence-electron chi connectivity index (χ3n) is 3.33. The van der Waals surface area contributed by atoms with E-state index in [0.29, 0.717) is 22.9 Å². The topological polar surface area (TPSA) is 18.5 Å². The molecule has 1 aromatic rings. The number of hydrogen-bond acceptors (Lipinski definition) is 2. The van der Waals surface area contributed by atoms with Crippen LogP contribution in [0.25, 0.3) is 0 Å². The molecule has 2 atom stereocenters. The Bertz CT molecular complexity index is 405. The lowest BCUT2D eigenvalue weighted by atomic mass is 10.0. The molecule has 0 bridgehead atoms. The first-order valence-corrected chi connectivity index (χ1v) is 7.92. The first kappa shape index (κ1) is 14.9. The summed E-state index contributed by atoms with van der Waals surface area (Å²) in [7, 11) is 0. The first-order chi connectivity index (χ1) is 9.20. The predicted octanol–water partition coefficient (Wildman–Crippen LogP) is 4.19. The van der Waals surface area contributed by atoms with Crippen molar-refractivity contribution >= 4 is 15.9 Å². The van der Waals surface area contributed by atoms with E-state index in [1.165, 1.54) is 0 Å². The molecule has 2 unspecified atom stereocenters. The highest BCUT2D eigenvalue weighted by molar-refractivity contribution is 9.08. The lowest BCUT2D eigenvalue weighted by Crippen LogP contribution is -2.27. The van der Waals surface area contributed by atoms with Crippen molar-refractivity contribution in [2.45, 2.75) is 50.3 Å². The summed E-state index contributed by atoms with van der Waals surface area (Å²) in [5.41, 5.74) is 1.40. The third kappa shape index (κ3) is 4.26. The summed E-state index contributed by atoms with van der Waals surface area (Å²) in [6, 6.07) is 5.51. The van der Waals surface area contributed by atoms with Crippen molar-refractivity contribution < 1.29 is 13.9 Å². The Morgan fingerprint density at radius 2 is 2.21 bits per heavy atom. The van der Waals surface area contributed by atoms with Gasteiger partial charge in [0.15, 0.2) is 6.29 Å². The Balaban J connectivity index is 1.92. The molecule has 0 N–H and O–H groups in total. The highest BCUT2D eigenvalue weighted by Crippen LogP contribution is 2.20.